The second-order valence-corrected chi connectivity index (χ2v) is 9.74. The van der Waals surface area contributed by atoms with Crippen molar-refractivity contribution in [3.8, 4) is 5.69 Å². The van der Waals surface area contributed by atoms with E-state index in [0.717, 1.165) is 49.5 Å². The minimum absolute atomic E-state index is 0.0501. The molecule has 1 saturated carbocycles. The van der Waals surface area contributed by atoms with Crippen LogP contribution >= 0.6 is 0 Å². The molecule has 4 aromatic rings. The molecule has 0 spiro atoms. The van der Waals surface area contributed by atoms with Gasteiger partial charge in [-0.3, -0.25) is 4.79 Å². The highest BCUT2D eigenvalue weighted by atomic mass is 16.1. The number of pyridine rings is 1. The van der Waals surface area contributed by atoms with Crippen molar-refractivity contribution in [2.24, 2.45) is 0 Å². The van der Waals surface area contributed by atoms with Gasteiger partial charge in [0.05, 0.1) is 11.7 Å². The average Bonchev–Trinajstić information content (AvgIpc) is 3.67. The number of benzene rings is 1. The van der Waals surface area contributed by atoms with Crippen LogP contribution in [-0.4, -0.2) is 43.9 Å². The fourth-order valence-electron chi connectivity index (χ4n) is 4.64. The quantitative estimate of drug-likeness (QED) is 0.445. The number of hydrogen-bond acceptors (Lipinski definition) is 7. The van der Waals surface area contributed by atoms with E-state index in [9.17, 15) is 4.79 Å². The summed E-state index contributed by atoms with van der Waals surface area (Å²) in [5.41, 5.74) is 5.04. The molecular formula is C26H30N8O. The van der Waals surface area contributed by atoms with Crippen molar-refractivity contribution < 1.29 is 0 Å². The summed E-state index contributed by atoms with van der Waals surface area (Å²) in [6.45, 7) is 6.14. The van der Waals surface area contributed by atoms with E-state index in [2.05, 4.69) is 57.5 Å². The first-order chi connectivity index (χ1) is 17.0. The van der Waals surface area contributed by atoms with Gasteiger partial charge in [0.25, 0.3) is 5.56 Å². The van der Waals surface area contributed by atoms with Crippen LogP contribution in [0.3, 0.4) is 0 Å². The first-order valence-corrected chi connectivity index (χ1v) is 12.3. The third-order valence-electron chi connectivity index (χ3n) is 6.97. The summed E-state index contributed by atoms with van der Waals surface area (Å²) in [4.78, 5) is 29.4. The highest BCUT2D eigenvalue weighted by Crippen LogP contribution is 2.36. The van der Waals surface area contributed by atoms with Gasteiger partial charge in [0, 0.05) is 43.8 Å². The Balaban J connectivity index is 1.44. The van der Waals surface area contributed by atoms with E-state index in [1.807, 2.05) is 28.5 Å². The molecule has 0 radical (unpaired) electrons. The molecule has 1 aliphatic carbocycles. The van der Waals surface area contributed by atoms with Gasteiger partial charge in [0.15, 0.2) is 5.65 Å². The van der Waals surface area contributed by atoms with E-state index >= 15 is 0 Å². The molecule has 0 bridgehead atoms. The Morgan fingerprint density at radius 3 is 2.80 bits per heavy atom. The maximum absolute atomic E-state index is 13.4. The van der Waals surface area contributed by atoms with Gasteiger partial charge in [-0.15, -0.1) is 0 Å². The van der Waals surface area contributed by atoms with Crippen molar-refractivity contribution in [3.63, 3.8) is 0 Å². The molecule has 180 valence electrons. The summed E-state index contributed by atoms with van der Waals surface area (Å²) >= 11 is 0. The Kier molecular flexibility index (Phi) is 5.29. The van der Waals surface area contributed by atoms with Crippen molar-refractivity contribution >= 4 is 28.5 Å². The van der Waals surface area contributed by atoms with E-state index in [1.165, 1.54) is 11.1 Å². The summed E-state index contributed by atoms with van der Waals surface area (Å²) in [6.07, 6.45) is 6.42. The van der Waals surface area contributed by atoms with Crippen molar-refractivity contribution in [1.82, 2.24) is 29.6 Å². The first kappa shape index (κ1) is 21.8. The van der Waals surface area contributed by atoms with Gasteiger partial charge < -0.3 is 15.5 Å². The fraction of sp³-hybridized carbons (Fsp3) is 0.385. The van der Waals surface area contributed by atoms with Crippen LogP contribution in [0.25, 0.3) is 16.7 Å². The second kappa shape index (κ2) is 8.49. The predicted molar refractivity (Wildman–Crippen MR) is 138 cm³/mol. The smallest absolute Gasteiger partial charge is 0.278 e. The van der Waals surface area contributed by atoms with Gasteiger partial charge in [0.1, 0.15) is 11.2 Å². The van der Waals surface area contributed by atoms with Crippen LogP contribution in [0.4, 0.5) is 17.5 Å². The van der Waals surface area contributed by atoms with Crippen LogP contribution in [0.15, 0.2) is 47.5 Å². The van der Waals surface area contributed by atoms with E-state index in [4.69, 9.17) is 4.98 Å². The normalized spacial score (nSPS) is 15.4. The van der Waals surface area contributed by atoms with Gasteiger partial charge in [-0.05, 0) is 69.0 Å². The lowest BCUT2D eigenvalue weighted by atomic mass is 10.0. The summed E-state index contributed by atoms with van der Waals surface area (Å²) in [5.74, 6) is 1.33. The maximum atomic E-state index is 13.4. The Morgan fingerprint density at radius 1 is 1.14 bits per heavy atom. The number of rotatable bonds is 6. The lowest BCUT2D eigenvalue weighted by Gasteiger charge is -2.23. The van der Waals surface area contributed by atoms with Crippen molar-refractivity contribution in [3.05, 3.63) is 64.2 Å². The first-order valence-electron chi connectivity index (χ1n) is 12.3. The van der Waals surface area contributed by atoms with Crippen LogP contribution in [-0.2, 0) is 13.0 Å². The summed E-state index contributed by atoms with van der Waals surface area (Å²) in [7, 11) is 2.03. The van der Waals surface area contributed by atoms with E-state index in [-0.39, 0.29) is 11.6 Å². The molecule has 9 heteroatoms. The predicted octanol–water partition coefficient (Wildman–Crippen LogP) is 3.55. The van der Waals surface area contributed by atoms with Gasteiger partial charge in [-0.25, -0.2) is 19.3 Å². The second-order valence-electron chi connectivity index (χ2n) is 9.74. The molecular weight excluding hydrogens is 440 g/mol. The number of nitrogens with one attached hydrogen (secondary N) is 2. The van der Waals surface area contributed by atoms with Crippen molar-refractivity contribution in [2.45, 2.75) is 51.7 Å². The third-order valence-corrected chi connectivity index (χ3v) is 6.97. The molecule has 0 atom stereocenters. The molecule has 0 amide bonds. The number of anilines is 3. The van der Waals surface area contributed by atoms with Crippen LogP contribution in [0, 0.1) is 0 Å². The molecule has 2 N–H and O–H groups in total. The number of aromatic nitrogens is 5. The highest BCUT2D eigenvalue weighted by Gasteiger charge is 2.31. The Hall–Kier alpha value is -3.72. The Morgan fingerprint density at radius 2 is 2.00 bits per heavy atom. The summed E-state index contributed by atoms with van der Waals surface area (Å²) in [5, 5.41) is 7.28. The minimum Gasteiger partial charge on any atom is -0.357 e. The molecule has 0 saturated heterocycles. The van der Waals surface area contributed by atoms with Gasteiger partial charge in [-0.1, -0.05) is 6.07 Å². The van der Waals surface area contributed by atoms with Crippen LogP contribution < -0.4 is 21.1 Å². The zero-order valence-corrected chi connectivity index (χ0v) is 20.3. The lowest BCUT2D eigenvalue weighted by molar-refractivity contribution is 0.559. The Bertz CT molecular complexity index is 1470. The molecule has 4 heterocycles. The van der Waals surface area contributed by atoms with Crippen molar-refractivity contribution in [2.75, 3.05) is 23.8 Å². The molecule has 6 rings (SSSR count). The van der Waals surface area contributed by atoms with E-state index in [0.29, 0.717) is 23.0 Å². The highest BCUT2D eigenvalue weighted by molar-refractivity contribution is 5.77. The fourth-order valence-corrected chi connectivity index (χ4v) is 4.64. The van der Waals surface area contributed by atoms with Gasteiger partial charge in [0.2, 0.25) is 5.95 Å². The van der Waals surface area contributed by atoms with Crippen LogP contribution in [0.2, 0.25) is 0 Å². The molecule has 9 nitrogen and oxygen atoms in total. The molecule has 1 fully saturated rings. The molecule has 1 aromatic carbocycles. The molecule has 2 aliphatic rings. The topological polar surface area (TPSA) is 92.9 Å². The number of fused-ring (bicyclic) bond motifs is 2. The molecule has 0 unspecified atom stereocenters. The minimum atomic E-state index is -0.0501. The monoisotopic (exact) mass is 470 g/mol. The number of hydrogen-bond donors (Lipinski definition) is 2. The molecule has 3 aromatic heterocycles. The Labute approximate surface area is 203 Å². The molecule has 1 aliphatic heterocycles. The van der Waals surface area contributed by atoms with Crippen LogP contribution in [0.1, 0.15) is 43.9 Å². The molecule has 35 heavy (non-hydrogen) atoms. The van der Waals surface area contributed by atoms with Crippen molar-refractivity contribution in [1.29, 1.82) is 0 Å². The van der Waals surface area contributed by atoms with Gasteiger partial charge in [-0.2, -0.15) is 4.98 Å². The lowest BCUT2D eigenvalue weighted by Crippen LogP contribution is -2.27. The zero-order valence-electron chi connectivity index (χ0n) is 20.3. The maximum Gasteiger partial charge on any atom is 0.278 e. The summed E-state index contributed by atoms with van der Waals surface area (Å²) in [6, 6.07) is 10.8. The van der Waals surface area contributed by atoms with Gasteiger partial charge >= 0.3 is 0 Å². The van der Waals surface area contributed by atoms with Crippen LogP contribution in [0.5, 0.6) is 0 Å². The van der Waals surface area contributed by atoms with E-state index in [1.54, 1.807) is 12.4 Å². The zero-order chi connectivity index (χ0) is 24.1. The number of nitrogens with zero attached hydrogens (tertiary/aromatic N) is 6. The largest absolute Gasteiger partial charge is 0.357 e. The SMILES string of the molecule is CC(C)N(C)c1cc(-n2c3nc(Nc4ccc5c(c4)CCNC5)ncc3c(=O)n2C2CC2)ccn1. The summed E-state index contributed by atoms with van der Waals surface area (Å²) < 4.78 is 3.78. The van der Waals surface area contributed by atoms with E-state index < -0.39 is 0 Å². The third kappa shape index (κ3) is 3.95. The average molecular weight is 471 g/mol. The standard InChI is InChI=1S/C26H30N8O/c1-16(2)32(3)23-13-21(9-11-28-23)33-24-22(25(35)34(33)20-6-7-20)15-29-26(31-24)30-19-5-4-18-14-27-10-8-17(18)12-19/h4-5,9,11-13,15-16,20,27H,6-8,10,14H2,1-3H3,(H,29,30,31).